The minimum absolute atomic E-state index is 0.125. The van der Waals surface area contributed by atoms with Gasteiger partial charge in [0.25, 0.3) is 0 Å². The number of piperidine rings is 1. The van der Waals surface area contributed by atoms with Crippen molar-refractivity contribution in [2.75, 3.05) is 13.1 Å². The number of rotatable bonds is 2. The highest BCUT2D eigenvalue weighted by Crippen LogP contribution is 2.28. The third kappa shape index (κ3) is 4.54. The van der Waals surface area contributed by atoms with Gasteiger partial charge in [0.2, 0.25) is 0 Å². The van der Waals surface area contributed by atoms with Crippen molar-refractivity contribution in [3.05, 3.63) is 29.2 Å². The number of likely N-dealkylation sites (tertiary alicyclic amines) is 1. The second kappa shape index (κ2) is 7.07. The lowest BCUT2D eigenvalue weighted by Crippen LogP contribution is -2.42. The third-order valence-corrected chi connectivity index (χ3v) is 4.76. The Hall–Kier alpha value is -2.02. The van der Waals surface area contributed by atoms with E-state index in [-0.39, 0.29) is 12.0 Å². The molecule has 1 amide bonds. The number of aryl methyl sites for hydroxylation is 1. The summed E-state index contributed by atoms with van der Waals surface area (Å²) in [7, 11) is 0. The van der Waals surface area contributed by atoms with Crippen LogP contribution in [0.1, 0.15) is 51.0 Å². The summed E-state index contributed by atoms with van der Waals surface area (Å²) in [6.45, 7) is 8.94. The van der Waals surface area contributed by atoms with Crippen molar-refractivity contribution in [2.45, 2.75) is 52.1 Å². The molecule has 0 aliphatic carbocycles. The molecule has 0 radical (unpaired) electrons. The Morgan fingerprint density at radius 3 is 2.84 bits per heavy atom. The molecule has 1 fully saturated rings. The number of aromatic nitrogens is 3. The van der Waals surface area contributed by atoms with Crippen LogP contribution in [0.2, 0.25) is 0 Å². The number of carbonyl (C=O) groups is 1. The Bertz CT molecular complexity index is 740. The molecule has 2 aromatic rings. The molecule has 0 spiro atoms. The van der Waals surface area contributed by atoms with Crippen LogP contribution in [0.25, 0.3) is 10.7 Å². The lowest BCUT2D eigenvalue weighted by atomic mass is 9.97. The monoisotopic (exact) mass is 360 g/mol. The lowest BCUT2D eigenvalue weighted by molar-refractivity contribution is 0.0196. The SMILES string of the molecule is Cc1cc(-c2nccs2)nc([C@@H]2CCCN(C(=O)OC(C)(C)C)C2)n1. The summed E-state index contributed by atoms with van der Waals surface area (Å²) >= 11 is 1.57. The van der Waals surface area contributed by atoms with Gasteiger partial charge < -0.3 is 9.64 Å². The molecule has 1 aliphatic rings. The summed E-state index contributed by atoms with van der Waals surface area (Å²) in [4.78, 5) is 27.8. The maximum atomic E-state index is 12.4. The summed E-state index contributed by atoms with van der Waals surface area (Å²) in [5.41, 5.74) is 1.29. The van der Waals surface area contributed by atoms with Crippen molar-refractivity contribution < 1.29 is 9.53 Å². The van der Waals surface area contributed by atoms with Crippen molar-refractivity contribution in [1.82, 2.24) is 19.9 Å². The predicted molar refractivity (Wildman–Crippen MR) is 97.7 cm³/mol. The zero-order chi connectivity index (χ0) is 18.0. The second-order valence-corrected chi connectivity index (χ2v) is 8.25. The molecule has 0 bridgehead atoms. The Morgan fingerprint density at radius 2 is 2.16 bits per heavy atom. The van der Waals surface area contributed by atoms with Crippen LogP contribution in [0.3, 0.4) is 0 Å². The zero-order valence-electron chi connectivity index (χ0n) is 15.2. The topological polar surface area (TPSA) is 68.2 Å². The largest absolute Gasteiger partial charge is 0.444 e. The second-order valence-electron chi connectivity index (χ2n) is 7.36. The van der Waals surface area contributed by atoms with Gasteiger partial charge in [0.1, 0.15) is 22.1 Å². The van der Waals surface area contributed by atoms with Gasteiger partial charge >= 0.3 is 6.09 Å². The normalized spacial score (nSPS) is 18.2. The van der Waals surface area contributed by atoms with Crippen molar-refractivity contribution in [3.8, 4) is 10.7 Å². The Labute approximate surface area is 152 Å². The van der Waals surface area contributed by atoms with Crippen LogP contribution in [-0.2, 0) is 4.74 Å². The average Bonchev–Trinajstić information content (AvgIpc) is 3.07. The first kappa shape index (κ1) is 17.8. The van der Waals surface area contributed by atoms with Crippen molar-refractivity contribution in [3.63, 3.8) is 0 Å². The van der Waals surface area contributed by atoms with E-state index >= 15 is 0 Å². The van der Waals surface area contributed by atoms with Gasteiger partial charge in [-0.05, 0) is 46.6 Å². The fraction of sp³-hybridized carbons (Fsp3) is 0.556. The van der Waals surface area contributed by atoms with Crippen LogP contribution in [0.15, 0.2) is 17.6 Å². The van der Waals surface area contributed by atoms with E-state index in [2.05, 4.69) is 9.97 Å². The number of thiazole rings is 1. The molecular formula is C18H24N4O2S. The van der Waals surface area contributed by atoms with E-state index in [4.69, 9.17) is 9.72 Å². The molecule has 25 heavy (non-hydrogen) atoms. The standard InChI is InChI=1S/C18H24N4O2S/c1-12-10-14(16-19-7-9-25-16)21-15(20-12)13-6-5-8-22(11-13)17(23)24-18(2,3)4/h7,9-10,13H,5-6,8,11H2,1-4H3/t13-/m1/s1. The maximum absolute atomic E-state index is 12.4. The molecule has 0 aromatic carbocycles. The van der Waals surface area contributed by atoms with E-state index in [1.165, 1.54) is 0 Å². The summed E-state index contributed by atoms with van der Waals surface area (Å²) in [6.07, 6.45) is 3.42. The first-order valence-electron chi connectivity index (χ1n) is 8.55. The van der Waals surface area contributed by atoms with E-state index in [1.807, 2.05) is 39.1 Å². The Kier molecular flexibility index (Phi) is 5.03. The minimum Gasteiger partial charge on any atom is -0.444 e. The van der Waals surface area contributed by atoms with E-state index in [9.17, 15) is 4.79 Å². The molecule has 1 atom stereocenters. The van der Waals surface area contributed by atoms with E-state index in [0.717, 1.165) is 41.6 Å². The highest BCUT2D eigenvalue weighted by molar-refractivity contribution is 7.13. The van der Waals surface area contributed by atoms with Crippen molar-refractivity contribution >= 4 is 17.4 Å². The minimum atomic E-state index is -0.484. The molecule has 3 heterocycles. The smallest absolute Gasteiger partial charge is 0.410 e. The molecule has 3 rings (SSSR count). The van der Waals surface area contributed by atoms with Gasteiger partial charge in [-0.15, -0.1) is 11.3 Å². The van der Waals surface area contributed by atoms with Crippen LogP contribution in [0.5, 0.6) is 0 Å². The van der Waals surface area contributed by atoms with Crippen LogP contribution in [-0.4, -0.2) is 44.6 Å². The predicted octanol–water partition coefficient (Wildman–Crippen LogP) is 4.02. The summed E-state index contributed by atoms with van der Waals surface area (Å²) < 4.78 is 5.51. The van der Waals surface area contributed by atoms with Gasteiger partial charge in [0, 0.05) is 36.3 Å². The number of nitrogens with zero attached hydrogens (tertiary/aromatic N) is 4. The molecule has 2 aromatic heterocycles. The number of amides is 1. The van der Waals surface area contributed by atoms with Crippen molar-refractivity contribution in [2.24, 2.45) is 0 Å². The van der Waals surface area contributed by atoms with Crippen LogP contribution in [0, 0.1) is 6.92 Å². The van der Waals surface area contributed by atoms with Gasteiger partial charge in [-0.3, -0.25) is 0 Å². The third-order valence-electron chi connectivity index (χ3n) is 3.96. The molecule has 0 N–H and O–H groups in total. The van der Waals surface area contributed by atoms with Gasteiger partial charge in [0.05, 0.1) is 0 Å². The van der Waals surface area contributed by atoms with Crippen molar-refractivity contribution in [1.29, 1.82) is 0 Å². The molecular weight excluding hydrogens is 336 g/mol. The molecule has 0 saturated carbocycles. The zero-order valence-corrected chi connectivity index (χ0v) is 16.0. The van der Waals surface area contributed by atoms with Gasteiger partial charge in [-0.1, -0.05) is 0 Å². The van der Waals surface area contributed by atoms with Gasteiger partial charge in [-0.2, -0.15) is 0 Å². The maximum Gasteiger partial charge on any atom is 0.410 e. The molecule has 1 aliphatic heterocycles. The average molecular weight is 360 g/mol. The Morgan fingerprint density at radius 1 is 1.36 bits per heavy atom. The first-order chi connectivity index (χ1) is 11.8. The quantitative estimate of drug-likeness (QED) is 0.809. The van der Waals surface area contributed by atoms with Crippen LogP contribution in [0.4, 0.5) is 4.79 Å². The van der Waals surface area contributed by atoms with E-state index in [0.29, 0.717) is 6.54 Å². The molecule has 134 valence electrons. The Balaban J connectivity index is 1.78. The molecule has 7 heteroatoms. The first-order valence-corrected chi connectivity index (χ1v) is 9.43. The molecule has 1 saturated heterocycles. The molecule has 0 unspecified atom stereocenters. The van der Waals surface area contributed by atoms with Crippen LogP contribution < -0.4 is 0 Å². The molecule has 6 nitrogen and oxygen atoms in total. The van der Waals surface area contributed by atoms with E-state index < -0.39 is 5.60 Å². The number of ether oxygens (including phenoxy) is 1. The number of hydrogen-bond acceptors (Lipinski definition) is 6. The fourth-order valence-electron chi connectivity index (χ4n) is 2.91. The summed E-state index contributed by atoms with van der Waals surface area (Å²) in [5, 5.41) is 2.84. The summed E-state index contributed by atoms with van der Waals surface area (Å²) in [6, 6.07) is 1.96. The van der Waals surface area contributed by atoms with Crippen LogP contribution >= 0.6 is 11.3 Å². The number of hydrogen-bond donors (Lipinski definition) is 0. The highest BCUT2D eigenvalue weighted by Gasteiger charge is 2.30. The fourth-order valence-corrected chi connectivity index (χ4v) is 3.51. The lowest BCUT2D eigenvalue weighted by Gasteiger charge is -2.33. The summed E-state index contributed by atoms with van der Waals surface area (Å²) in [5.74, 6) is 0.915. The van der Waals surface area contributed by atoms with Gasteiger partial charge in [-0.25, -0.2) is 19.7 Å². The van der Waals surface area contributed by atoms with E-state index in [1.54, 1.807) is 22.4 Å². The number of carbonyl (C=O) groups excluding carboxylic acids is 1. The highest BCUT2D eigenvalue weighted by atomic mass is 32.1. The van der Waals surface area contributed by atoms with Gasteiger partial charge in [0.15, 0.2) is 0 Å².